The van der Waals surface area contributed by atoms with Gasteiger partial charge in [-0.3, -0.25) is 9.69 Å². The summed E-state index contributed by atoms with van der Waals surface area (Å²) in [6.45, 7) is 2.36. The topological polar surface area (TPSA) is 45.2 Å². The first-order valence-electron chi connectivity index (χ1n) is 6.21. The molecule has 0 radical (unpaired) electrons. The summed E-state index contributed by atoms with van der Waals surface area (Å²) in [6, 6.07) is 7.80. The van der Waals surface area contributed by atoms with Crippen LogP contribution in [0, 0.1) is 0 Å². The summed E-state index contributed by atoms with van der Waals surface area (Å²) in [7, 11) is 1.92. The Balaban J connectivity index is 1.91. The standard InChI is InChI=1S/C14H16ClN3OS/c1-10(11-3-5-12(15)6-4-11)18(2)9-13(19)17-14-16-7-8-20-14/h3-8,10H,9H2,1-2H3,(H,16,17,19). The molecule has 1 N–H and O–H groups in total. The SMILES string of the molecule is CC(c1ccc(Cl)cc1)N(C)CC(=O)Nc1nccs1. The highest BCUT2D eigenvalue weighted by Gasteiger charge is 2.15. The van der Waals surface area contributed by atoms with Crippen LogP contribution in [0.2, 0.25) is 5.02 Å². The van der Waals surface area contributed by atoms with E-state index in [0.29, 0.717) is 16.7 Å². The van der Waals surface area contributed by atoms with E-state index in [2.05, 4.69) is 17.2 Å². The van der Waals surface area contributed by atoms with Gasteiger partial charge in [-0.05, 0) is 31.7 Å². The van der Waals surface area contributed by atoms with E-state index in [1.54, 1.807) is 6.20 Å². The summed E-state index contributed by atoms with van der Waals surface area (Å²) >= 11 is 7.28. The predicted octanol–water partition coefficient (Wildman–Crippen LogP) is 3.43. The van der Waals surface area contributed by atoms with E-state index in [4.69, 9.17) is 11.6 Å². The maximum atomic E-state index is 11.9. The van der Waals surface area contributed by atoms with E-state index in [0.717, 1.165) is 5.56 Å². The number of aromatic nitrogens is 1. The molecule has 0 spiro atoms. The van der Waals surface area contributed by atoms with Crippen LogP contribution in [0.3, 0.4) is 0 Å². The number of thiazole rings is 1. The fraction of sp³-hybridized carbons (Fsp3) is 0.286. The monoisotopic (exact) mass is 309 g/mol. The summed E-state index contributed by atoms with van der Waals surface area (Å²) in [4.78, 5) is 17.9. The number of rotatable bonds is 5. The number of benzene rings is 1. The molecule has 2 rings (SSSR count). The van der Waals surface area contributed by atoms with E-state index in [1.165, 1.54) is 11.3 Å². The average molecular weight is 310 g/mol. The minimum absolute atomic E-state index is 0.0664. The van der Waals surface area contributed by atoms with E-state index >= 15 is 0 Å². The van der Waals surface area contributed by atoms with Crippen molar-refractivity contribution in [1.82, 2.24) is 9.88 Å². The van der Waals surface area contributed by atoms with Crippen LogP contribution in [0.4, 0.5) is 5.13 Å². The summed E-state index contributed by atoms with van der Waals surface area (Å²) in [5, 5.41) is 5.94. The molecule has 0 aliphatic heterocycles. The number of carbonyl (C=O) groups excluding carboxylic acids is 1. The van der Waals surface area contributed by atoms with Crippen molar-refractivity contribution in [1.29, 1.82) is 0 Å². The Labute approximate surface area is 127 Å². The van der Waals surface area contributed by atoms with E-state index < -0.39 is 0 Å². The molecule has 4 nitrogen and oxygen atoms in total. The van der Waals surface area contributed by atoms with Crippen LogP contribution in [0.15, 0.2) is 35.8 Å². The average Bonchev–Trinajstić information content (AvgIpc) is 2.91. The second kappa shape index (κ2) is 6.83. The number of likely N-dealkylation sites (N-methyl/N-ethyl adjacent to an activating group) is 1. The van der Waals surface area contributed by atoms with Gasteiger partial charge in [-0.25, -0.2) is 4.98 Å². The second-order valence-corrected chi connectivity index (χ2v) is 5.86. The summed E-state index contributed by atoms with van der Waals surface area (Å²) in [5.41, 5.74) is 1.12. The number of hydrogen-bond acceptors (Lipinski definition) is 4. The van der Waals surface area contributed by atoms with Crippen molar-refractivity contribution in [3.05, 3.63) is 46.4 Å². The molecule has 0 saturated carbocycles. The molecule has 1 atom stereocenters. The van der Waals surface area contributed by atoms with Crippen molar-refractivity contribution in [3.63, 3.8) is 0 Å². The van der Waals surface area contributed by atoms with Gasteiger partial charge >= 0.3 is 0 Å². The van der Waals surface area contributed by atoms with Gasteiger partial charge in [0.2, 0.25) is 5.91 Å². The van der Waals surface area contributed by atoms with Crippen molar-refractivity contribution in [2.45, 2.75) is 13.0 Å². The quantitative estimate of drug-likeness (QED) is 0.920. The molecule has 1 amide bonds. The van der Waals surface area contributed by atoms with Crippen LogP contribution < -0.4 is 5.32 Å². The highest BCUT2D eigenvalue weighted by molar-refractivity contribution is 7.13. The lowest BCUT2D eigenvalue weighted by atomic mass is 10.1. The Morgan fingerprint density at radius 3 is 2.75 bits per heavy atom. The lowest BCUT2D eigenvalue weighted by Gasteiger charge is -2.24. The first-order chi connectivity index (χ1) is 9.56. The number of carbonyl (C=O) groups is 1. The Morgan fingerprint density at radius 1 is 1.45 bits per heavy atom. The summed E-state index contributed by atoms with van der Waals surface area (Å²) < 4.78 is 0. The first kappa shape index (κ1) is 15.0. The Kier molecular flexibility index (Phi) is 5.11. The van der Waals surface area contributed by atoms with Gasteiger partial charge in [-0.1, -0.05) is 23.7 Å². The van der Waals surface area contributed by atoms with Gasteiger partial charge < -0.3 is 5.32 Å². The zero-order valence-electron chi connectivity index (χ0n) is 11.3. The smallest absolute Gasteiger partial charge is 0.240 e. The van der Waals surface area contributed by atoms with E-state index in [1.807, 2.05) is 41.6 Å². The molecule has 1 aromatic carbocycles. The van der Waals surface area contributed by atoms with E-state index in [9.17, 15) is 4.79 Å². The third-order valence-corrected chi connectivity index (χ3v) is 4.03. The molecule has 1 aromatic heterocycles. The van der Waals surface area contributed by atoms with Gasteiger partial charge in [0.1, 0.15) is 0 Å². The highest BCUT2D eigenvalue weighted by Crippen LogP contribution is 2.20. The van der Waals surface area contributed by atoms with Gasteiger partial charge in [-0.15, -0.1) is 11.3 Å². The van der Waals surface area contributed by atoms with Crippen LogP contribution in [-0.2, 0) is 4.79 Å². The van der Waals surface area contributed by atoms with Gasteiger partial charge in [0, 0.05) is 22.6 Å². The first-order valence-corrected chi connectivity index (χ1v) is 7.47. The van der Waals surface area contributed by atoms with Gasteiger partial charge in [0.25, 0.3) is 0 Å². The molecular formula is C14H16ClN3OS. The minimum Gasteiger partial charge on any atom is -0.301 e. The molecule has 106 valence electrons. The number of nitrogens with zero attached hydrogens (tertiary/aromatic N) is 2. The highest BCUT2D eigenvalue weighted by atomic mass is 35.5. The van der Waals surface area contributed by atoms with Gasteiger partial charge in [0.15, 0.2) is 5.13 Å². The molecule has 2 aromatic rings. The molecule has 0 saturated heterocycles. The Morgan fingerprint density at radius 2 is 2.15 bits per heavy atom. The maximum absolute atomic E-state index is 11.9. The molecule has 20 heavy (non-hydrogen) atoms. The molecular weight excluding hydrogens is 294 g/mol. The third kappa shape index (κ3) is 4.03. The lowest BCUT2D eigenvalue weighted by Crippen LogP contribution is -2.32. The second-order valence-electron chi connectivity index (χ2n) is 4.53. The zero-order valence-corrected chi connectivity index (χ0v) is 12.9. The number of amides is 1. The normalized spacial score (nSPS) is 12.4. The Hall–Kier alpha value is -1.43. The number of nitrogens with one attached hydrogen (secondary N) is 1. The van der Waals surface area contributed by atoms with Crippen molar-refractivity contribution in [2.24, 2.45) is 0 Å². The lowest BCUT2D eigenvalue weighted by molar-refractivity contribution is -0.117. The molecule has 0 bridgehead atoms. The zero-order chi connectivity index (χ0) is 14.5. The molecule has 1 heterocycles. The van der Waals surface area contributed by atoms with Gasteiger partial charge in [-0.2, -0.15) is 0 Å². The van der Waals surface area contributed by atoms with Crippen LogP contribution >= 0.6 is 22.9 Å². The van der Waals surface area contributed by atoms with E-state index in [-0.39, 0.29) is 11.9 Å². The third-order valence-electron chi connectivity index (χ3n) is 3.09. The minimum atomic E-state index is -0.0664. The van der Waals surface area contributed by atoms with Crippen molar-refractivity contribution < 1.29 is 4.79 Å². The summed E-state index contributed by atoms with van der Waals surface area (Å²) in [5.74, 6) is -0.0664. The fourth-order valence-electron chi connectivity index (χ4n) is 1.80. The number of halogens is 1. The molecule has 1 unspecified atom stereocenters. The largest absolute Gasteiger partial charge is 0.301 e. The Bertz CT molecular complexity index is 556. The number of anilines is 1. The van der Waals surface area contributed by atoms with Crippen LogP contribution in [-0.4, -0.2) is 29.4 Å². The molecule has 0 fully saturated rings. The van der Waals surface area contributed by atoms with Crippen molar-refractivity contribution >= 4 is 34.0 Å². The molecule has 6 heteroatoms. The van der Waals surface area contributed by atoms with Crippen LogP contribution in [0.25, 0.3) is 0 Å². The summed E-state index contributed by atoms with van der Waals surface area (Å²) in [6.07, 6.45) is 1.67. The van der Waals surface area contributed by atoms with Crippen molar-refractivity contribution in [3.8, 4) is 0 Å². The molecule has 0 aliphatic carbocycles. The number of hydrogen-bond donors (Lipinski definition) is 1. The predicted molar refractivity (Wildman–Crippen MR) is 83.2 cm³/mol. The van der Waals surface area contributed by atoms with Gasteiger partial charge in [0.05, 0.1) is 6.54 Å². The molecule has 0 aliphatic rings. The van der Waals surface area contributed by atoms with Crippen molar-refractivity contribution in [2.75, 3.05) is 18.9 Å². The van der Waals surface area contributed by atoms with Crippen LogP contribution in [0.5, 0.6) is 0 Å². The maximum Gasteiger partial charge on any atom is 0.240 e. The van der Waals surface area contributed by atoms with Crippen LogP contribution in [0.1, 0.15) is 18.5 Å². The fourth-order valence-corrected chi connectivity index (χ4v) is 2.47.